The highest BCUT2D eigenvalue weighted by molar-refractivity contribution is 7.98. The van der Waals surface area contributed by atoms with E-state index in [2.05, 4.69) is 15.5 Å². The van der Waals surface area contributed by atoms with Crippen molar-refractivity contribution in [3.05, 3.63) is 94.0 Å². The monoisotopic (exact) mass is 439 g/mol. The molecule has 0 atom stereocenters. The topological polar surface area (TPSA) is 74.0 Å². The SMILES string of the molecule is COc1ccccc1Nc1nnc(SCc2ccccc2Cl)n(-n2cccc2)c1=O. The van der Waals surface area contributed by atoms with Crippen molar-refractivity contribution in [1.82, 2.24) is 19.5 Å². The van der Waals surface area contributed by atoms with E-state index in [0.29, 0.717) is 27.4 Å². The number of hydrogen-bond donors (Lipinski definition) is 1. The number of halogens is 1. The number of methoxy groups -OCH3 is 1. The van der Waals surface area contributed by atoms with E-state index in [1.165, 1.54) is 16.4 Å². The van der Waals surface area contributed by atoms with Crippen LogP contribution in [0.5, 0.6) is 5.75 Å². The maximum atomic E-state index is 13.3. The third-order valence-electron chi connectivity index (χ3n) is 4.31. The molecular weight excluding hydrogens is 422 g/mol. The molecule has 0 saturated carbocycles. The van der Waals surface area contributed by atoms with Crippen LogP contribution >= 0.6 is 23.4 Å². The van der Waals surface area contributed by atoms with E-state index >= 15 is 0 Å². The Labute approximate surface area is 182 Å². The number of anilines is 2. The molecule has 152 valence electrons. The molecule has 0 aliphatic rings. The van der Waals surface area contributed by atoms with E-state index in [1.54, 1.807) is 36.3 Å². The molecule has 0 bridgehead atoms. The highest BCUT2D eigenvalue weighted by atomic mass is 35.5. The lowest BCUT2D eigenvalue weighted by Crippen LogP contribution is -2.30. The Morgan fingerprint density at radius 3 is 2.53 bits per heavy atom. The predicted octanol–water partition coefficient (Wildman–Crippen LogP) is 4.45. The second-order valence-electron chi connectivity index (χ2n) is 6.22. The fourth-order valence-corrected chi connectivity index (χ4v) is 4.05. The molecule has 0 radical (unpaired) electrons. The number of benzene rings is 2. The summed E-state index contributed by atoms with van der Waals surface area (Å²) < 4.78 is 8.47. The third-order valence-corrected chi connectivity index (χ3v) is 5.64. The molecular formula is C21H18ClN5O2S. The van der Waals surface area contributed by atoms with Crippen molar-refractivity contribution in [1.29, 1.82) is 0 Å². The molecule has 30 heavy (non-hydrogen) atoms. The smallest absolute Gasteiger partial charge is 0.316 e. The summed E-state index contributed by atoms with van der Waals surface area (Å²) in [7, 11) is 1.57. The first-order chi connectivity index (χ1) is 14.7. The minimum Gasteiger partial charge on any atom is -0.495 e. The molecule has 0 unspecified atom stereocenters. The van der Waals surface area contributed by atoms with Crippen molar-refractivity contribution in [2.45, 2.75) is 10.9 Å². The Bertz CT molecular complexity index is 1210. The molecule has 0 saturated heterocycles. The molecule has 7 nitrogen and oxygen atoms in total. The van der Waals surface area contributed by atoms with E-state index in [-0.39, 0.29) is 11.4 Å². The molecule has 4 rings (SSSR count). The van der Waals surface area contributed by atoms with E-state index < -0.39 is 0 Å². The van der Waals surface area contributed by atoms with Crippen LogP contribution in [-0.4, -0.2) is 26.7 Å². The summed E-state index contributed by atoms with van der Waals surface area (Å²) in [6, 6.07) is 18.6. The molecule has 0 aliphatic heterocycles. The van der Waals surface area contributed by atoms with Gasteiger partial charge in [-0.3, -0.25) is 9.47 Å². The lowest BCUT2D eigenvalue weighted by Gasteiger charge is -2.15. The Kier molecular flexibility index (Phi) is 6.06. The molecule has 4 aromatic rings. The molecule has 2 heterocycles. The van der Waals surface area contributed by atoms with Crippen LogP contribution in [0, 0.1) is 0 Å². The summed E-state index contributed by atoms with van der Waals surface area (Å²) in [5.41, 5.74) is 1.24. The van der Waals surface area contributed by atoms with Crippen molar-refractivity contribution < 1.29 is 4.74 Å². The normalized spacial score (nSPS) is 10.7. The van der Waals surface area contributed by atoms with Gasteiger partial charge in [-0.1, -0.05) is 53.7 Å². The lowest BCUT2D eigenvalue weighted by molar-refractivity contribution is 0.416. The standard InChI is InChI=1S/C21H18ClN5O2S/c1-29-18-11-5-4-10-17(18)23-19-20(28)27(26-12-6-7-13-26)21(25-24-19)30-14-15-8-2-3-9-16(15)22/h2-13H,14H2,1H3,(H,23,24). The van der Waals surface area contributed by atoms with Crippen molar-refractivity contribution in [3.8, 4) is 5.75 Å². The van der Waals surface area contributed by atoms with Crippen molar-refractivity contribution >= 4 is 34.9 Å². The Balaban J connectivity index is 1.70. The van der Waals surface area contributed by atoms with Crippen LogP contribution in [-0.2, 0) is 5.75 Å². The fourth-order valence-electron chi connectivity index (χ4n) is 2.83. The van der Waals surface area contributed by atoms with Crippen LogP contribution in [0.2, 0.25) is 5.02 Å². The molecule has 1 N–H and O–H groups in total. The van der Waals surface area contributed by atoms with E-state index in [1.807, 2.05) is 48.5 Å². The summed E-state index contributed by atoms with van der Waals surface area (Å²) in [6.07, 6.45) is 3.55. The number of ether oxygens (including phenoxy) is 1. The van der Waals surface area contributed by atoms with Crippen molar-refractivity contribution in [2.24, 2.45) is 0 Å². The fraction of sp³-hybridized carbons (Fsp3) is 0.0952. The van der Waals surface area contributed by atoms with Gasteiger partial charge in [0.1, 0.15) is 5.75 Å². The minimum absolute atomic E-state index is 0.0929. The van der Waals surface area contributed by atoms with Crippen LogP contribution in [0.15, 0.2) is 83.0 Å². The summed E-state index contributed by atoms with van der Waals surface area (Å²) in [5.74, 6) is 1.24. The van der Waals surface area contributed by atoms with Crippen LogP contribution in [0.3, 0.4) is 0 Å². The third kappa shape index (κ3) is 4.19. The molecule has 0 amide bonds. The summed E-state index contributed by atoms with van der Waals surface area (Å²) in [6.45, 7) is 0. The van der Waals surface area contributed by atoms with Gasteiger partial charge in [0.15, 0.2) is 0 Å². The largest absolute Gasteiger partial charge is 0.495 e. The van der Waals surface area contributed by atoms with Gasteiger partial charge in [-0.15, -0.1) is 10.2 Å². The van der Waals surface area contributed by atoms with Gasteiger partial charge >= 0.3 is 5.56 Å². The maximum Gasteiger partial charge on any atom is 0.316 e. The molecule has 2 aromatic heterocycles. The minimum atomic E-state index is -0.339. The number of nitrogens with zero attached hydrogens (tertiary/aromatic N) is 4. The van der Waals surface area contributed by atoms with Crippen LogP contribution in [0.25, 0.3) is 0 Å². The molecule has 9 heteroatoms. The highest BCUT2D eigenvalue weighted by Crippen LogP contribution is 2.27. The second-order valence-corrected chi connectivity index (χ2v) is 7.57. The van der Waals surface area contributed by atoms with Crippen LogP contribution < -0.4 is 15.6 Å². The Hall–Kier alpha value is -3.23. The highest BCUT2D eigenvalue weighted by Gasteiger charge is 2.16. The van der Waals surface area contributed by atoms with E-state index in [9.17, 15) is 4.79 Å². The van der Waals surface area contributed by atoms with E-state index in [4.69, 9.17) is 16.3 Å². The lowest BCUT2D eigenvalue weighted by atomic mass is 10.2. The molecule has 0 spiro atoms. The quantitative estimate of drug-likeness (QED) is 0.429. The van der Waals surface area contributed by atoms with Gasteiger partial charge in [0.2, 0.25) is 11.0 Å². The van der Waals surface area contributed by atoms with Gasteiger partial charge in [-0.2, -0.15) is 4.68 Å². The predicted molar refractivity (Wildman–Crippen MR) is 119 cm³/mol. The number of rotatable bonds is 7. The first-order valence-corrected chi connectivity index (χ1v) is 10.4. The van der Waals surface area contributed by atoms with Crippen molar-refractivity contribution in [3.63, 3.8) is 0 Å². The number of hydrogen-bond acceptors (Lipinski definition) is 6. The number of nitrogens with one attached hydrogen (secondary N) is 1. The zero-order chi connectivity index (χ0) is 20.9. The van der Waals surface area contributed by atoms with Gasteiger partial charge in [-0.05, 0) is 35.9 Å². The maximum absolute atomic E-state index is 13.3. The molecule has 0 aliphatic carbocycles. The number of thioether (sulfide) groups is 1. The van der Waals surface area contributed by atoms with Crippen molar-refractivity contribution in [2.75, 3.05) is 12.4 Å². The molecule has 0 fully saturated rings. The molecule has 2 aromatic carbocycles. The van der Waals surface area contributed by atoms with Crippen LogP contribution in [0.1, 0.15) is 5.56 Å². The zero-order valence-corrected chi connectivity index (χ0v) is 17.6. The van der Waals surface area contributed by atoms with Gasteiger partial charge < -0.3 is 10.1 Å². The zero-order valence-electron chi connectivity index (χ0n) is 16.0. The Morgan fingerprint density at radius 2 is 1.77 bits per heavy atom. The van der Waals surface area contributed by atoms with Gasteiger partial charge in [-0.25, -0.2) is 0 Å². The second kappa shape index (κ2) is 9.06. The summed E-state index contributed by atoms with van der Waals surface area (Å²) in [5, 5.41) is 12.6. The van der Waals surface area contributed by atoms with Gasteiger partial charge in [0, 0.05) is 23.2 Å². The summed E-state index contributed by atoms with van der Waals surface area (Å²) >= 11 is 7.64. The van der Waals surface area contributed by atoms with Crippen LogP contribution in [0.4, 0.5) is 11.5 Å². The first-order valence-electron chi connectivity index (χ1n) is 9.07. The number of aromatic nitrogens is 4. The van der Waals surface area contributed by atoms with Gasteiger partial charge in [0.25, 0.3) is 0 Å². The van der Waals surface area contributed by atoms with E-state index in [0.717, 1.165) is 5.56 Å². The average Bonchev–Trinajstić information content (AvgIpc) is 3.29. The average molecular weight is 440 g/mol. The number of para-hydroxylation sites is 2. The Morgan fingerprint density at radius 1 is 1.03 bits per heavy atom. The van der Waals surface area contributed by atoms with Gasteiger partial charge in [0.05, 0.1) is 12.8 Å². The summed E-state index contributed by atoms with van der Waals surface area (Å²) in [4.78, 5) is 13.3. The first kappa shape index (κ1) is 20.1.